The third-order valence-corrected chi connectivity index (χ3v) is 11.7. The molecule has 1 amide bonds. The van der Waals surface area contributed by atoms with E-state index in [0.717, 1.165) is 21.2 Å². The topological polar surface area (TPSA) is 120 Å². The molecule has 3 N–H and O–H groups in total. The number of nitrogens with zero attached hydrogens (tertiary/aromatic N) is 1. The van der Waals surface area contributed by atoms with Crippen LogP contribution in [0.5, 0.6) is 5.75 Å². The molecule has 4 unspecified atom stereocenters. The number of nitrogens with one attached hydrogen (secondary N) is 1. The molecular formula is C26H27N3O5S3. The lowest BCUT2D eigenvalue weighted by Gasteiger charge is -2.40. The number of hydrogen-bond acceptors (Lipinski definition) is 7. The summed E-state index contributed by atoms with van der Waals surface area (Å²) in [6.45, 7) is -0.112. The summed E-state index contributed by atoms with van der Waals surface area (Å²) in [5.41, 5.74) is 1.55. The van der Waals surface area contributed by atoms with Crippen molar-refractivity contribution in [3.8, 4) is 5.75 Å². The van der Waals surface area contributed by atoms with Crippen LogP contribution in [0.4, 0.5) is 5.69 Å². The summed E-state index contributed by atoms with van der Waals surface area (Å²) in [7, 11) is -2.13. The second-order valence-corrected chi connectivity index (χ2v) is 13.7. The van der Waals surface area contributed by atoms with Gasteiger partial charge in [0.15, 0.2) is 0 Å². The van der Waals surface area contributed by atoms with Crippen molar-refractivity contribution in [1.82, 2.24) is 4.57 Å². The average Bonchev–Trinajstić information content (AvgIpc) is 3.57. The number of amides is 1. The highest BCUT2D eigenvalue weighted by molar-refractivity contribution is 8.00. The van der Waals surface area contributed by atoms with Crippen LogP contribution < -0.4 is 20.1 Å². The van der Waals surface area contributed by atoms with Gasteiger partial charge >= 0.3 is 4.87 Å². The van der Waals surface area contributed by atoms with Crippen LogP contribution in [0.15, 0.2) is 63.2 Å². The number of ether oxygens (including phenoxy) is 1. The molecule has 194 valence electrons. The molecule has 2 fully saturated rings. The second-order valence-electron chi connectivity index (χ2n) is 9.95. The Morgan fingerprint density at radius 1 is 1.14 bits per heavy atom. The van der Waals surface area contributed by atoms with Crippen molar-refractivity contribution < 1.29 is 17.9 Å². The predicted octanol–water partition coefficient (Wildman–Crippen LogP) is 3.86. The van der Waals surface area contributed by atoms with Gasteiger partial charge in [0, 0.05) is 27.3 Å². The van der Waals surface area contributed by atoms with Crippen molar-refractivity contribution in [3.05, 3.63) is 68.6 Å². The van der Waals surface area contributed by atoms with Crippen LogP contribution in [0.3, 0.4) is 0 Å². The number of aromatic nitrogens is 1. The lowest BCUT2D eigenvalue weighted by atomic mass is 9.74. The first-order chi connectivity index (χ1) is 17.7. The Labute approximate surface area is 223 Å². The molecule has 1 aromatic heterocycles. The van der Waals surface area contributed by atoms with E-state index in [2.05, 4.69) is 11.4 Å². The van der Waals surface area contributed by atoms with Crippen molar-refractivity contribution >= 4 is 44.7 Å². The maximum Gasteiger partial charge on any atom is 0.308 e. The Morgan fingerprint density at radius 2 is 1.86 bits per heavy atom. The molecule has 0 saturated heterocycles. The number of carbonyl (C=O) groups excluding carboxylic acids is 1. The number of sulfonamides is 1. The molecule has 8 nitrogen and oxygen atoms in total. The van der Waals surface area contributed by atoms with Gasteiger partial charge in [-0.3, -0.25) is 14.2 Å². The van der Waals surface area contributed by atoms with Crippen molar-refractivity contribution in [2.45, 2.75) is 46.9 Å². The Bertz CT molecular complexity index is 1530. The number of thiazole rings is 1. The Morgan fingerprint density at radius 3 is 2.59 bits per heavy atom. The van der Waals surface area contributed by atoms with Crippen molar-refractivity contribution in [3.63, 3.8) is 0 Å². The minimum absolute atomic E-state index is 0.0344. The molecule has 2 heterocycles. The monoisotopic (exact) mass is 557 g/mol. The van der Waals surface area contributed by atoms with Gasteiger partial charge < -0.3 is 10.1 Å². The molecule has 0 radical (unpaired) electrons. The second kappa shape index (κ2) is 9.30. The number of para-hydroxylation sites is 1. The third kappa shape index (κ3) is 4.31. The molecule has 1 aliphatic heterocycles. The van der Waals surface area contributed by atoms with Gasteiger partial charge in [0.2, 0.25) is 15.9 Å². The molecule has 2 bridgehead atoms. The number of methoxy groups -OCH3 is 1. The van der Waals surface area contributed by atoms with Crippen LogP contribution >= 0.6 is 23.1 Å². The first-order valence-corrected chi connectivity index (χ1v) is 15.4. The van der Waals surface area contributed by atoms with Crippen molar-refractivity contribution in [1.29, 1.82) is 0 Å². The molecule has 2 aliphatic carbocycles. The first kappa shape index (κ1) is 24.7. The van der Waals surface area contributed by atoms with E-state index in [0.29, 0.717) is 28.7 Å². The highest BCUT2D eigenvalue weighted by Crippen LogP contribution is 2.64. The summed E-state index contributed by atoms with van der Waals surface area (Å²) in [4.78, 5) is 27.1. The number of benzene rings is 2. The minimum atomic E-state index is -3.82. The summed E-state index contributed by atoms with van der Waals surface area (Å²) in [5.74, 6) is 2.26. The molecule has 5 atom stereocenters. The summed E-state index contributed by atoms with van der Waals surface area (Å²) in [6.07, 6.45) is 3.67. The van der Waals surface area contributed by atoms with E-state index in [1.54, 1.807) is 23.4 Å². The number of rotatable bonds is 6. The molecule has 11 heteroatoms. The van der Waals surface area contributed by atoms with E-state index in [1.165, 1.54) is 54.9 Å². The zero-order valence-corrected chi connectivity index (χ0v) is 22.6. The quantitative estimate of drug-likeness (QED) is 0.475. The standard InChI is InChI=1S/C26H27N3O5S3/c1-34-19-5-3-2-4-18(19)22-21-14-6-7-15(12-14)23(21)35-25-24(22)36-26(31)29(25)13-20(30)28-16-8-10-17(11-9-16)37(27,32)33/h2-5,8-11,14-15,21-23H,6-7,12-13H2,1H3,(H,28,30)(H2,27,32,33)/t14?,15?,21?,22-,23?/m1/s1. The van der Waals surface area contributed by atoms with E-state index >= 15 is 0 Å². The summed E-state index contributed by atoms with van der Waals surface area (Å²) in [5, 5.41) is 9.22. The number of anilines is 1. The van der Waals surface area contributed by atoms with Crippen LogP contribution in [0.25, 0.3) is 0 Å². The van der Waals surface area contributed by atoms with E-state index in [-0.39, 0.29) is 28.1 Å². The molecule has 2 aromatic carbocycles. The van der Waals surface area contributed by atoms with Crippen molar-refractivity contribution in [2.75, 3.05) is 12.4 Å². The Kier molecular flexibility index (Phi) is 6.21. The van der Waals surface area contributed by atoms with Crippen LogP contribution in [-0.4, -0.2) is 31.3 Å². The number of carbonyl (C=O) groups is 1. The van der Waals surface area contributed by atoms with Gasteiger partial charge in [-0.2, -0.15) is 0 Å². The Hall–Kier alpha value is -2.60. The minimum Gasteiger partial charge on any atom is -0.496 e. The third-order valence-electron chi connectivity index (χ3n) is 7.93. The zero-order valence-electron chi connectivity index (χ0n) is 20.1. The van der Waals surface area contributed by atoms with Gasteiger partial charge in [0.05, 0.1) is 17.0 Å². The molecule has 3 aliphatic rings. The molecular weight excluding hydrogens is 531 g/mol. The van der Waals surface area contributed by atoms with E-state index in [9.17, 15) is 18.0 Å². The SMILES string of the molecule is COc1ccccc1[C@H]1c2sc(=O)n(CC(=O)Nc3ccc(S(N)(=O)=O)cc3)c2SC2C3CCC(C3)C21. The lowest BCUT2D eigenvalue weighted by Crippen LogP contribution is -2.35. The van der Waals surface area contributed by atoms with E-state index < -0.39 is 10.0 Å². The van der Waals surface area contributed by atoms with E-state index in [4.69, 9.17) is 9.88 Å². The normalized spacial score (nSPS) is 25.9. The smallest absolute Gasteiger partial charge is 0.308 e. The summed E-state index contributed by atoms with van der Waals surface area (Å²) in [6, 6.07) is 13.7. The molecule has 37 heavy (non-hydrogen) atoms. The fourth-order valence-corrected chi connectivity index (χ4v) is 10.1. The van der Waals surface area contributed by atoms with Crippen LogP contribution in [0, 0.1) is 17.8 Å². The van der Waals surface area contributed by atoms with Gasteiger partial charge in [-0.15, -0.1) is 11.8 Å². The highest BCUT2D eigenvalue weighted by atomic mass is 32.2. The predicted molar refractivity (Wildman–Crippen MR) is 144 cm³/mol. The fourth-order valence-electron chi connectivity index (χ4n) is 6.43. The number of thioether (sulfide) groups is 1. The summed E-state index contributed by atoms with van der Waals surface area (Å²) >= 11 is 3.01. The van der Waals surface area contributed by atoms with Gasteiger partial charge in [-0.1, -0.05) is 29.5 Å². The maximum atomic E-state index is 13.3. The van der Waals surface area contributed by atoms with Crippen LogP contribution in [0.2, 0.25) is 0 Å². The fraction of sp³-hybridized carbons (Fsp3) is 0.385. The molecule has 0 spiro atoms. The highest BCUT2D eigenvalue weighted by Gasteiger charge is 2.55. The van der Waals surface area contributed by atoms with Crippen LogP contribution in [0.1, 0.15) is 35.6 Å². The number of hydrogen-bond donors (Lipinski definition) is 2. The molecule has 3 aromatic rings. The number of fused-ring (bicyclic) bond motifs is 6. The van der Waals surface area contributed by atoms with Gasteiger partial charge in [0.1, 0.15) is 12.3 Å². The zero-order chi connectivity index (χ0) is 25.9. The molecule has 2 saturated carbocycles. The molecule has 6 rings (SSSR count). The van der Waals surface area contributed by atoms with Gasteiger partial charge in [-0.05, 0) is 67.3 Å². The average molecular weight is 558 g/mol. The van der Waals surface area contributed by atoms with Gasteiger partial charge in [-0.25, -0.2) is 13.6 Å². The number of primary sulfonamides is 1. The summed E-state index contributed by atoms with van der Waals surface area (Å²) < 4.78 is 30.3. The van der Waals surface area contributed by atoms with Crippen molar-refractivity contribution in [2.24, 2.45) is 22.9 Å². The maximum absolute atomic E-state index is 13.3. The number of nitrogens with two attached hydrogens (primary N) is 1. The largest absolute Gasteiger partial charge is 0.496 e. The van der Waals surface area contributed by atoms with E-state index in [1.807, 2.05) is 18.2 Å². The lowest BCUT2D eigenvalue weighted by molar-refractivity contribution is -0.116. The first-order valence-electron chi connectivity index (χ1n) is 12.2. The van der Waals surface area contributed by atoms with Crippen LogP contribution in [-0.2, 0) is 21.4 Å². The van der Waals surface area contributed by atoms with Gasteiger partial charge in [0.25, 0.3) is 0 Å². The Balaban J connectivity index is 1.33.